The molecule has 0 heterocycles. The van der Waals surface area contributed by atoms with Gasteiger partial charge in [-0.15, -0.1) is 0 Å². The lowest BCUT2D eigenvalue weighted by molar-refractivity contribution is 0.104. The first-order chi connectivity index (χ1) is 14.3. The predicted molar refractivity (Wildman–Crippen MR) is 119 cm³/mol. The van der Waals surface area contributed by atoms with Crippen molar-refractivity contribution in [3.05, 3.63) is 101 Å². The number of para-hydroxylation sites is 1. The molecule has 0 N–H and O–H groups in total. The Balaban J connectivity index is 1.82. The van der Waals surface area contributed by atoms with Crippen LogP contribution in [-0.2, 0) is 10.1 Å². The Labute approximate surface area is 178 Å². The van der Waals surface area contributed by atoms with Gasteiger partial charge in [-0.2, -0.15) is 8.42 Å². The highest BCUT2D eigenvalue weighted by Crippen LogP contribution is 2.24. The zero-order valence-electron chi connectivity index (χ0n) is 17.2. The Morgan fingerprint density at radius 1 is 0.900 bits per heavy atom. The van der Waals surface area contributed by atoms with Crippen molar-refractivity contribution < 1.29 is 17.4 Å². The lowest BCUT2D eigenvalue weighted by Gasteiger charge is -2.10. The van der Waals surface area contributed by atoms with Crippen molar-refractivity contribution in [3.8, 4) is 5.75 Å². The lowest BCUT2D eigenvalue weighted by Crippen LogP contribution is -2.12. The van der Waals surface area contributed by atoms with E-state index in [0.717, 1.165) is 11.1 Å². The second-order valence-electron chi connectivity index (χ2n) is 7.37. The molecule has 0 aliphatic carbocycles. The van der Waals surface area contributed by atoms with Crippen LogP contribution in [0.1, 0.15) is 46.8 Å². The van der Waals surface area contributed by atoms with Gasteiger partial charge in [0.15, 0.2) is 11.5 Å². The molecule has 0 amide bonds. The molecular formula is C25H24O4S. The number of benzene rings is 3. The van der Waals surface area contributed by atoms with Crippen LogP contribution in [0.5, 0.6) is 5.75 Å². The molecule has 0 aliphatic rings. The molecule has 0 fully saturated rings. The molecule has 5 heteroatoms. The average molecular weight is 421 g/mol. The van der Waals surface area contributed by atoms with Crippen molar-refractivity contribution in [1.29, 1.82) is 0 Å². The van der Waals surface area contributed by atoms with Gasteiger partial charge < -0.3 is 4.18 Å². The molecular weight excluding hydrogens is 396 g/mol. The van der Waals surface area contributed by atoms with E-state index < -0.39 is 10.1 Å². The van der Waals surface area contributed by atoms with Crippen LogP contribution in [0.4, 0.5) is 0 Å². The quantitative estimate of drug-likeness (QED) is 0.276. The monoisotopic (exact) mass is 420 g/mol. The van der Waals surface area contributed by atoms with E-state index in [1.165, 1.54) is 29.8 Å². The number of aryl methyl sites for hydroxylation is 1. The molecule has 30 heavy (non-hydrogen) atoms. The smallest absolute Gasteiger partial charge is 0.339 e. The molecule has 0 bridgehead atoms. The fraction of sp³-hybridized carbons (Fsp3) is 0.160. The number of allylic oxidation sites excluding steroid dienone is 1. The fourth-order valence-corrected chi connectivity index (χ4v) is 3.82. The van der Waals surface area contributed by atoms with Gasteiger partial charge in [-0.25, -0.2) is 0 Å². The summed E-state index contributed by atoms with van der Waals surface area (Å²) in [4.78, 5) is 12.8. The predicted octanol–water partition coefficient (Wildman–Crippen LogP) is 5.78. The number of rotatable bonds is 7. The second-order valence-corrected chi connectivity index (χ2v) is 8.91. The highest BCUT2D eigenvalue weighted by atomic mass is 32.2. The van der Waals surface area contributed by atoms with Crippen molar-refractivity contribution >= 4 is 22.0 Å². The maximum atomic E-state index is 12.7. The summed E-state index contributed by atoms with van der Waals surface area (Å²) in [6.07, 6.45) is 3.13. The summed E-state index contributed by atoms with van der Waals surface area (Å²) in [5, 5.41) is 0. The van der Waals surface area contributed by atoms with Crippen molar-refractivity contribution in [1.82, 2.24) is 0 Å². The maximum Gasteiger partial charge on any atom is 0.339 e. The summed E-state index contributed by atoms with van der Waals surface area (Å²) >= 11 is 0. The van der Waals surface area contributed by atoms with E-state index in [2.05, 4.69) is 13.8 Å². The topological polar surface area (TPSA) is 60.4 Å². The molecule has 0 aliphatic heterocycles. The van der Waals surface area contributed by atoms with E-state index in [-0.39, 0.29) is 22.0 Å². The Bertz CT molecular complexity index is 1160. The average Bonchev–Trinajstić information content (AvgIpc) is 2.72. The summed E-state index contributed by atoms with van der Waals surface area (Å²) in [5.74, 6) is 0.102. The zero-order chi connectivity index (χ0) is 21.7. The third kappa shape index (κ3) is 5.24. The first-order valence-electron chi connectivity index (χ1n) is 9.69. The standard InChI is InChI=1S/C25H24O4S/c1-18(2)21-13-10-20(11-14-21)12-17-24(26)23-6-4-5-7-25(23)29-30(27,28)22-15-8-19(3)9-16-22/h4-18H,1-3H3. The SMILES string of the molecule is Cc1ccc(S(=O)(=O)Oc2ccccc2C(=O)C=Cc2ccc(C(C)C)cc2)cc1. The van der Waals surface area contributed by atoms with Crippen LogP contribution < -0.4 is 4.18 Å². The Kier molecular flexibility index (Phi) is 6.53. The summed E-state index contributed by atoms with van der Waals surface area (Å²) in [5.41, 5.74) is 3.23. The minimum absolute atomic E-state index is 0.00267. The molecule has 154 valence electrons. The Morgan fingerprint density at radius 3 is 2.17 bits per heavy atom. The van der Waals surface area contributed by atoms with Crippen LogP contribution >= 0.6 is 0 Å². The third-order valence-electron chi connectivity index (χ3n) is 4.69. The minimum atomic E-state index is -4.04. The molecule has 4 nitrogen and oxygen atoms in total. The van der Waals surface area contributed by atoms with E-state index >= 15 is 0 Å². The van der Waals surface area contributed by atoms with Crippen molar-refractivity contribution in [2.24, 2.45) is 0 Å². The zero-order valence-corrected chi connectivity index (χ0v) is 18.0. The first kappa shape index (κ1) is 21.5. The van der Waals surface area contributed by atoms with Gasteiger partial charge in [-0.05, 0) is 54.3 Å². The molecule has 0 spiro atoms. The molecule has 0 radical (unpaired) electrons. The van der Waals surface area contributed by atoms with Crippen LogP contribution in [0.25, 0.3) is 6.08 Å². The van der Waals surface area contributed by atoms with Crippen LogP contribution in [0.15, 0.2) is 83.8 Å². The molecule has 0 aromatic heterocycles. The minimum Gasteiger partial charge on any atom is -0.378 e. The van der Waals surface area contributed by atoms with Crippen LogP contribution in [0.3, 0.4) is 0 Å². The van der Waals surface area contributed by atoms with Crippen molar-refractivity contribution in [2.75, 3.05) is 0 Å². The summed E-state index contributed by atoms with van der Waals surface area (Å²) in [7, 11) is -4.04. The van der Waals surface area contributed by atoms with E-state index in [1.807, 2.05) is 31.2 Å². The van der Waals surface area contributed by atoms with E-state index in [0.29, 0.717) is 5.92 Å². The van der Waals surface area contributed by atoms with Gasteiger partial charge in [-0.1, -0.05) is 74.0 Å². The van der Waals surface area contributed by atoms with Gasteiger partial charge >= 0.3 is 10.1 Å². The fourth-order valence-electron chi connectivity index (χ4n) is 2.87. The van der Waals surface area contributed by atoms with E-state index in [4.69, 9.17) is 4.18 Å². The van der Waals surface area contributed by atoms with Gasteiger partial charge in [0.2, 0.25) is 0 Å². The summed E-state index contributed by atoms with van der Waals surface area (Å²) in [6.45, 7) is 6.11. The highest BCUT2D eigenvalue weighted by Gasteiger charge is 2.20. The number of hydrogen-bond acceptors (Lipinski definition) is 4. The molecule has 3 rings (SSSR count). The first-order valence-corrected chi connectivity index (χ1v) is 11.1. The molecule has 0 saturated heterocycles. The van der Waals surface area contributed by atoms with Gasteiger partial charge in [0.1, 0.15) is 4.90 Å². The molecule has 3 aromatic rings. The normalized spacial score (nSPS) is 11.7. The van der Waals surface area contributed by atoms with Gasteiger partial charge in [0.05, 0.1) is 5.56 Å². The van der Waals surface area contributed by atoms with Gasteiger partial charge in [0, 0.05) is 0 Å². The van der Waals surface area contributed by atoms with Crippen LogP contribution in [0.2, 0.25) is 0 Å². The molecule has 3 aromatic carbocycles. The summed E-state index contributed by atoms with van der Waals surface area (Å²) < 4.78 is 30.5. The summed E-state index contributed by atoms with van der Waals surface area (Å²) in [6, 6.07) is 20.6. The Morgan fingerprint density at radius 2 is 1.53 bits per heavy atom. The number of carbonyl (C=O) groups is 1. The molecule has 0 atom stereocenters. The number of carbonyl (C=O) groups excluding carboxylic acids is 1. The third-order valence-corrected chi connectivity index (χ3v) is 5.94. The van der Waals surface area contributed by atoms with Gasteiger partial charge in [0.25, 0.3) is 0 Å². The Hall–Kier alpha value is -3.18. The van der Waals surface area contributed by atoms with E-state index in [9.17, 15) is 13.2 Å². The highest BCUT2D eigenvalue weighted by molar-refractivity contribution is 7.87. The van der Waals surface area contributed by atoms with Crippen molar-refractivity contribution in [2.45, 2.75) is 31.6 Å². The molecule has 0 saturated carbocycles. The largest absolute Gasteiger partial charge is 0.378 e. The van der Waals surface area contributed by atoms with E-state index in [1.54, 1.807) is 36.4 Å². The van der Waals surface area contributed by atoms with Crippen LogP contribution in [0, 0.1) is 6.92 Å². The van der Waals surface area contributed by atoms with Crippen LogP contribution in [-0.4, -0.2) is 14.2 Å². The van der Waals surface area contributed by atoms with Crippen molar-refractivity contribution in [3.63, 3.8) is 0 Å². The maximum absolute atomic E-state index is 12.7. The lowest BCUT2D eigenvalue weighted by atomic mass is 10.0. The number of hydrogen-bond donors (Lipinski definition) is 0. The number of ketones is 1. The second kappa shape index (κ2) is 9.09. The molecule has 0 unspecified atom stereocenters. The van der Waals surface area contributed by atoms with Gasteiger partial charge in [-0.3, -0.25) is 4.79 Å².